The molecule has 2 saturated heterocycles. The van der Waals surface area contributed by atoms with Crippen LogP contribution in [0.3, 0.4) is 0 Å². The topological polar surface area (TPSA) is 66.2 Å². The lowest BCUT2D eigenvalue weighted by molar-refractivity contribution is -0.134. The summed E-state index contributed by atoms with van der Waals surface area (Å²) in [6.45, 7) is 5.46. The Morgan fingerprint density at radius 2 is 1.67 bits per heavy atom. The minimum Gasteiger partial charge on any atom is -0.451 e. The third kappa shape index (κ3) is 4.10. The number of carbonyl (C=O) groups excluding carboxylic acids is 2. The Kier molecular flexibility index (Phi) is 5.33. The van der Waals surface area contributed by atoms with Gasteiger partial charge in [0.05, 0.1) is 19.8 Å². The van der Waals surface area contributed by atoms with E-state index in [1.807, 2.05) is 4.90 Å². The number of halogens is 1. The van der Waals surface area contributed by atoms with Gasteiger partial charge in [-0.25, -0.2) is 0 Å². The highest BCUT2D eigenvalue weighted by Crippen LogP contribution is 2.24. The van der Waals surface area contributed by atoms with E-state index in [4.69, 9.17) is 20.8 Å². The van der Waals surface area contributed by atoms with Crippen LogP contribution in [0.1, 0.15) is 10.6 Å². The number of fused-ring (bicyclic) bond motifs is 1. The Morgan fingerprint density at radius 3 is 2.41 bits per heavy atom. The van der Waals surface area contributed by atoms with E-state index in [2.05, 4.69) is 4.90 Å². The number of rotatable bonds is 3. The minimum atomic E-state index is -0.150. The number of morpholine rings is 1. The second-order valence-corrected chi connectivity index (χ2v) is 7.29. The first-order valence-corrected chi connectivity index (χ1v) is 9.54. The van der Waals surface area contributed by atoms with E-state index in [-0.39, 0.29) is 11.8 Å². The Hall–Kier alpha value is -2.09. The zero-order valence-electron chi connectivity index (χ0n) is 15.0. The van der Waals surface area contributed by atoms with Crippen LogP contribution in [0.2, 0.25) is 5.02 Å². The molecule has 0 N–H and O–H groups in total. The predicted octanol–water partition coefficient (Wildman–Crippen LogP) is 1.70. The number of hydrogen-bond donors (Lipinski definition) is 0. The van der Waals surface area contributed by atoms with Gasteiger partial charge in [0.25, 0.3) is 5.91 Å². The van der Waals surface area contributed by atoms with Crippen molar-refractivity contribution in [3.05, 3.63) is 35.0 Å². The molecule has 1 aromatic carbocycles. The first kappa shape index (κ1) is 18.3. The molecular formula is C19H22ClN3O4. The van der Waals surface area contributed by atoms with E-state index in [1.165, 1.54) is 0 Å². The number of amides is 2. The predicted molar refractivity (Wildman–Crippen MR) is 101 cm³/mol. The van der Waals surface area contributed by atoms with Gasteiger partial charge in [-0.15, -0.1) is 0 Å². The summed E-state index contributed by atoms with van der Waals surface area (Å²) in [7, 11) is 0. The second kappa shape index (κ2) is 7.88. The molecule has 7 nitrogen and oxygen atoms in total. The average Bonchev–Trinajstić information content (AvgIpc) is 3.11. The molecule has 27 heavy (non-hydrogen) atoms. The molecule has 8 heteroatoms. The highest BCUT2D eigenvalue weighted by Gasteiger charge is 2.27. The molecule has 4 rings (SSSR count). The van der Waals surface area contributed by atoms with Crippen LogP contribution in [-0.2, 0) is 9.53 Å². The molecule has 2 aliphatic heterocycles. The lowest BCUT2D eigenvalue weighted by Crippen LogP contribution is -2.53. The molecule has 0 radical (unpaired) electrons. The van der Waals surface area contributed by atoms with E-state index < -0.39 is 0 Å². The lowest BCUT2D eigenvalue weighted by atomic mass is 10.2. The summed E-state index contributed by atoms with van der Waals surface area (Å²) < 4.78 is 11.0. The highest BCUT2D eigenvalue weighted by atomic mass is 35.5. The lowest BCUT2D eigenvalue weighted by Gasteiger charge is -2.36. The largest absolute Gasteiger partial charge is 0.451 e. The summed E-state index contributed by atoms with van der Waals surface area (Å²) in [5.74, 6) is 0.269. The van der Waals surface area contributed by atoms with Gasteiger partial charge < -0.3 is 19.0 Å². The summed E-state index contributed by atoms with van der Waals surface area (Å²) in [5.41, 5.74) is 0.641. The van der Waals surface area contributed by atoms with Gasteiger partial charge >= 0.3 is 0 Å². The Labute approximate surface area is 162 Å². The fraction of sp³-hybridized carbons (Fsp3) is 0.474. The van der Waals surface area contributed by atoms with Crippen molar-refractivity contribution in [2.75, 3.05) is 59.0 Å². The van der Waals surface area contributed by atoms with Gasteiger partial charge in [0.2, 0.25) is 5.91 Å². The normalized spacial score (nSPS) is 18.9. The maximum absolute atomic E-state index is 12.7. The average molecular weight is 392 g/mol. The van der Waals surface area contributed by atoms with Crippen molar-refractivity contribution in [2.45, 2.75) is 0 Å². The van der Waals surface area contributed by atoms with Crippen molar-refractivity contribution in [1.29, 1.82) is 0 Å². The van der Waals surface area contributed by atoms with Crippen LogP contribution in [-0.4, -0.2) is 85.5 Å². The number of ether oxygens (including phenoxy) is 1. The number of benzene rings is 1. The molecule has 0 saturated carbocycles. The van der Waals surface area contributed by atoms with Gasteiger partial charge in [-0.2, -0.15) is 0 Å². The number of carbonyl (C=O) groups is 2. The van der Waals surface area contributed by atoms with Gasteiger partial charge in [0, 0.05) is 49.7 Å². The van der Waals surface area contributed by atoms with E-state index in [0.717, 1.165) is 18.5 Å². The number of hydrogen-bond acceptors (Lipinski definition) is 5. The molecule has 0 bridgehead atoms. The number of furan rings is 1. The molecule has 2 amide bonds. The van der Waals surface area contributed by atoms with Crippen LogP contribution in [0.4, 0.5) is 0 Å². The third-order valence-corrected chi connectivity index (χ3v) is 5.31. The van der Waals surface area contributed by atoms with Crippen molar-refractivity contribution < 1.29 is 18.7 Å². The Balaban J connectivity index is 1.33. The smallest absolute Gasteiger partial charge is 0.289 e. The van der Waals surface area contributed by atoms with Gasteiger partial charge in [-0.05, 0) is 24.3 Å². The van der Waals surface area contributed by atoms with Gasteiger partial charge in [0.1, 0.15) is 5.58 Å². The highest BCUT2D eigenvalue weighted by molar-refractivity contribution is 6.31. The fourth-order valence-electron chi connectivity index (χ4n) is 3.48. The van der Waals surface area contributed by atoms with E-state index in [1.54, 1.807) is 29.2 Å². The van der Waals surface area contributed by atoms with Crippen LogP contribution in [0.15, 0.2) is 28.7 Å². The summed E-state index contributed by atoms with van der Waals surface area (Å²) in [5, 5.41) is 1.42. The van der Waals surface area contributed by atoms with Gasteiger partial charge in [-0.1, -0.05) is 11.6 Å². The van der Waals surface area contributed by atoms with Gasteiger partial charge in [0.15, 0.2) is 5.76 Å². The molecule has 0 atom stereocenters. The van der Waals surface area contributed by atoms with E-state index >= 15 is 0 Å². The van der Waals surface area contributed by atoms with Crippen LogP contribution < -0.4 is 0 Å². The minimum absolute atomic E-state index is 0.113. The Morgan fingerprint density at radius 1 is 0.963 bits per heavy atom. The SMILES string of the molecule is O=C(CN1CCOCC1)N1CCN(C(=O)c2cc3cc(Cl)ccc3o2)CC1. The number of piperazine rings is 1. The van der Waals surface area contributed by atoms with Crippen molar-refractivity contribution in [3.8, 4) is 0 Å². The van der Waals surface area contributed by atoms with Crippen molar-refractivity contribution in [1.82, 2.24) is 14.7 Å². The molecule has 1 aromatic heterocycles. The zero-order valence-corrected chi connectivity index (χ0v) is 15.8. The van der Waals surface area contributed by atoms with Crippen molar-refractivity contribution >= 4 is 34.4 Å². The monoisotopic (exact) mass is 391 g/mol. The molecule has 0 unspecified atom stereocenters. The Bertz CT molecular complexity index is 839. The standard InChI is InChI=1S/C19H22ClN3O4/c20-15-1-2-16-14(11-15)12-17(27-16)19(25)23-5-3-22(4-6-23)18(24)13-21-7-9-26-10-8-21/h1-2,11-12H,3-10,13H2. The molecule has 2 fully saturated rings. The second-order valence-electron chi connectivity index (χ2n) is 6.85. The molecule has 0 spiro atoms. The van der Waals surface area contributed by atoms with Crippen molar-refractivity contribution in [3.63, 3.8) is 0 Å². The maximum atomic E-state index is 12.7. The molecule has 2 aromatic rings. The van der Waals surface area contributed by atoms with Crippen LogP contribution in [0, 0.1) is 0 Å². The third-order valence-electron chi connectivity index (χ3n) is 5.07. The molecule has 0 aliphatic carbocycles. The van der Waals surface area contributed by atoms with E-state index in [0.29, 0.717) is 62.3 Å². The molecule has 144 valence electrons. The maximum Gasteiger partial charge on any atom is 0.289 e. The molecule has 2 aliphatic rings. The quantitative estimate of drug-likeness (QED) is 0.796. The zero-order chi connectivity index (χ0) is 18.8. The van der Waals surface area contributed by atoms with Gasteiger partial charge in [-0.3, -0.25) is 14.5 Å². The van der Waals surface area contributed by atoms with E-state index in [9.17, 15) is 9.59 Å². The summed E-state index contributed by atoms with van der Waals surface area (Å²) >= 11 is 5.99. The van der Waals surface area contributed by atoms with Crippen LogP contribution >= 0.6 is 11.6 Å². The van der Waals surface area contributed by atoms with Crippen LogP contribution in [0.25, 0.3) is 11.0 Å². The summed E-state index contributed by atoms with van der Waals surface area (Å²) in [4.78, 5) is 30.9. The summed E-state index contributed by atoms with van der Waals surface area (Å²) in [6.07, 6.45) is 0. The fourth-order valence-corrected chi connectivity index (χ4v) is 3.67. The number of nitrogens with zero attached hydrogens (tertiary/aromatic N) is 3. The van der Waals surface area contributed by atoms with Crippen LogP contribution in [0.5, 0.6) is 0 Å². The van der Waals surface area contributed by atoms with Crippen molar-refractivity contribution in [2.24, 2.45) is 0 Å². The first-order chi connectivity index (χ1) is 13.1. The molecule has 3 heterocycles. The first-order valence-electron chi connectivity index (χ1n) is 9.16. The summed E-state index contributed by atoms with van der Waals surface area (Å²) in [6, 6.07) is 7.00. The molecular weight excluding hydrogens is 370 g/mol.